The normalized spacial score (nSPS) is 12.0. The Bertz CT molecular complexity index is 910. The van der Waals surface area contributed by atoms with Crippen molar-refractivity contribution in [1.82, 2.24) is 9.97 Å². The zero-order valence-electron chi connectivity index (χ0n) is 15.9. The molecule has 2 aromatic carbocycles. The van der Waals surface area contributed by atoms with Gasteiger partial charge in [0.1, 0.15) is 0 Å². The smallest absolute Gasteiger partial charge is 0.225 e. The summed E-state index contributed by atoms with van der Waals surface area (Å²) >= 11 is 0. The molecule has 0 saturated carbocycles. The van der Waals surface area contributed by atoms with Crippen LogP contribution in [0, 0.1) is 13.8 Å². The van der Waals surface area contributed by atoms with Crippen LogP contribution >= 0.6 is 0 Å². The van der Waals surface area contributed by atoms with Crippen molar-refractivity contribution in [3.05, 3.63) is 65.9 Å². The second-order valence-electron chi connectivity index (χ2n) is 6.83. The van der Waals surface area contributed by atoms with Gasteiger partial charge in [0, 0.05) is 30.9 Å². The van der Waals surface area contributed by atoms with Gasteiger partial charge in [0.15, 0.2) is 0 Å². The summed E-state index contributed by atoms with van der Waals surface area (Å²) in [6.45, 7) is 4.09. The number of aryl methyl sites for hydroxylation is 2. The lowest BCUT2D eigenvalue weighted by molar-refractivity contribution is 0.101. The van der Waals surface area contributed by atoms with Gasteiger partial charge in [-0.15, -0.1) is 0 Å². The van der Waals surface area contributed by atoms with Gasteiger partial charge in [-0.25, -0.2) is 9.97 Å². The van der Waals surface area contributed by atoms with Crippen molar-refractivity contribution < 1.29 is 10.2 Å². The van der Waals surface area contributed by atoms with Crippen LogP contribution in [0.1, 0.15) is 11.1 Å². The highest BCUT2D eigenvalue weighted by molar-refractivity contribution is 5.82. The van der Waals surface area contributed by atoms with Crippen LogP contribution in [0.3, 0.4) is 0 Å². The number of hydrogen-bond acceptors (Lipinski definition) is 5. The van der Waals surface area contributed by atoms with Gasteiger partial charge in [0.25, 0.3) is 0 Å². The molecule has 0 saturated heterocycles. The van der Waals surface area contributed by atoms with Crippen molar-refractivity contribution in [3.8, 4) is 22.4 Å². The number of benzene rings is 2. The maximum absolute atomic E-state index is 9.73. The molecule has 1 atom stereocenters. The lowest BCUT2D eigenvalue weighted by atomic mass is 9.97. The van der Waals surface area contributed by atoms with E-state index in [-0.39, 0.29) is 13.2 Å². The Balaban J connectivity index is 2.11. The van der Waals surface area contributed by atoms with Crippen molar-refractivity contribution >= 4 is 5.95 Å². The molecule has 0 amide bonds. The van der Waals surface area contributed by atoms with Gasteiger partial charge < -0.3 is 15.1 Å². The van der Waals surface area contributed by atoms with Crippen LogP contribution in [0.15, 0.2) is 54.7 Å². The van der Waals surface area contributed by atoms with Gasteiger partial charge in [-0.1, -0.05) is 54.1 Å². The monoisotopic (exact) mass is 363 g/mol. The quantitative estimate of drug-likeness (QED) is 0.704. The first-order valence-corrected chi connectivity index (χ1v) is 8.99. The number of rotatable bonds is 6. The molecule has 140 valence electrons. The molecule has 0 radical (unpaired) electrons. The maximum Gasteiger partial charge on any atom is 0.225 e. The molecule has 0 spiro atoms. The van der Waals surface area contributed by atoms with Gasteiger partial charge in [-0.2, -0.15) is 0 Å². The molecule has 1 aromatic heterocycles. The lowest BCUT2D eigenvalue weighted by Gasteiger charge is -2.21. The summed E-state index contributed by atoms with van der Waals surface area (Å²) in [4.78, 5) is 11.1. The molecule has 5 heteroatoms. The third kappa shape index (κ3) is 4.32. The van der Waals surface area contributed by atoms with Gasteiger partial charge in [0.05, 0.1) is 18.4 Å². The molecule has 0 aliphatic rings. The predicted molar refractivity (Wildman–Crippen MR) is 109 cm³/mol. The number of likely N-dealkylation sites (N-methyl/N-ethyl adjacent to an activating group) is 1. The molecular weight excluding hydrogens is 338 g/mol. The molecule has 0 fully saturated rings. The van der Waals surface area contributed by atoms with Crippen molar-refractivity contribution in [3.63, 3.8) is 0 Å². The van der Waals surface area contributed by atoms with Gasteiger partial charge in [0.2, 0.25) is 5.95 Å². The van der Waals surface area contributed by atoms with Crippen LogP contribution in [0.5, 0.6) is 0 Å². The summed E-state index contributed by atoms with van der Waals surface area (Å²) in [7, 11) is 1.81. The van der Waals surface area contributed by atoms with Crippen molar-refractivity contribution in [2.75, 3.05) is 25.1 Å². The highest BCUT2D eigenvalue weighted by Crippen LogP contribution is 2.33. The number of nitrogens with zero attached hydrogens (tertiary/aromatic N) is 3. The zero-order chi connectivity index (χ0) is 19.4. The zero-order valence-corrected chi connectivity index (χ0v) is 15.9. The van der Waals surface area contributed by atoms with Crippen molar-refractivity contribution in [1.29, 1.82) is 0 Å². The molecule has 5 nitrogen and oxygen atoms in total. The SMILES string of the molecule is Cc1ccc(-c2nc(N(C)C[C@H](O)CO)ncc2-c2ccccc2C)cc1. The van der Waals surface area contributed by atoms with Crippen LogP contribution in [0.2, 0.25) is 0 Å². The molecule has 3 aromatic rings. The highest BCUT2D eigenvalue weighted by Gasteiger charge is 2.16. The van der Waals surface area contributed by atoms with Gasteiger partial charge in [-0.05, 0) is 25.0 Å². The number of anilines is 1. The average Bonchev–Trinajstić information content (AvgIpc) is 2.68. The summed E-state index contributed by atoms with van der Waals surface area (Å²) in [6, 6.07) is 16.4. The Kier molecular flexibility index (Phi) is 5.84. The third-order valence-electron chi connectivity index (χ3n) is 4.57. The molecule has 2 N–H and O–H groups in total. The summed E-state index contributed by atoms with van der Waals surface area (Å²) in [5, 5.41) is 18.8. The number of hydrogen-bond donors (Lipinski definition) is 2. The summed E-state index contributed by atoms with van der Waals surface area (Å²) < 4.78 is 0. The van der Waals surface area contributed by atoms with E-state index in [1.165, 1.54) is 5.56 Å². The topological polar surface area (TPSA) is 69.5 Å². The fourth-order valence-electron chi connectivity index (χ4n) is 3.02. The van der Waals surface area contributed by atoms with Crippen LogP contribution in [0.25, 0.3) is 22.4 Å². The largest absolute Gasteiger partial charge is 0.394 e. The molecule has 1 heterocycles. The molecule has 3 rings (SSSR count). The summed E-state index contributed by atoms with van der Waals surface area (Å²) in [5.74, 6) is 0.510. The Hall–Kier alpha value is -2.76. The Morgan fingerprint density at radius 3 is 2.37 bits per heavy atom. The second-order valence-corrected chi connectivity index (χ2v) is 6.83. The van der Waals surface area contributed by atoms with E-state index in [0.717, 1.165) is 27.9 Å². The molecule has 0 unspecified atom stereocenters. The van der Waals surface area contributed by atoms with Gasteiger partial charge in [-0.3, -0.25) is 0 Å². The van der Waals surface area contributed by atoms with Gasteiger partial charge >= 0.3 is 0 Å². The summed E-state index contributed by atoms with van der Waals surface area (Å²) in [6.07, 6.45) is 0.999. The minimum atomic E-state index is -0.836. The lowest BCUT2D eigenvalue weighted by Crippen LogP contribution is -2.32. The molecule has 0 aliphatic carbocycles. The van der Waals surface area contributed by atoms with E-state index in [0.29, 0.717) is 5.95 Å². The molecule has 0 bridgehead atoms. The van der Waals surface area contributed by atoms with E-state index in [4.69, 9.17) is 10.1 Å². The minimum absolute atomic E-state index is 0.257. The van der Waals surface area contributed by atoms with E-state index in [1.807, 2.05) is 18.3 Å². The number of aliphatic hydroxyl groups is 2. The Labute approximate surface area is 160 Å². The molecular formula is C22H25N3O2. The van der Waals surface area contributed by atoms with Crippen LogP contribution in [-0.2, 0) is 0 Å². The van der Waals surface area contributed by atoms with E-state index in [2.05, 4.69) is 55.2 Å². The minimum Gasteiger partial charge on any atom is -0.394 e. The Morgan fingerprint density at radius 1 is 1.00 bits per heavy atom. The highest BCUT2D eigenvalue weighted by atomic mass is 16.3. The number of aliphatic hydroxyl groups excluding tert-OH is 2. The third-order valence-corrected chi connectivity index (χ3v) is 4.57. The second kappa shape index (κ2) is 8.29. The fraction of sp³-hybridized carbons (Fsp3) is 0.273. The van der Waals surface area contributed by atoms with Crippen molar-refractivity contribution in [2.45, 2.75) is 20.0 Å². The first-order valence-electron chi connectivity index (χ1n) is 8.99. The average molecular weight is 363 g/mol. The first-order chi connectivity index (χ1) is 13.0. The van der Waals surface area contributed by atoms with Crippen LogP contribution < -0.4 is 4.90 Å². The predicted octanol–water partition coefficient (Wildman–Crippen LogP) is 3.22. The van der Waals surface area contributed by atoms with E-state index in [9.17, 15) is 5.11 Å². The number of aromatic nitrogens is 2. The van der Waals surface area contributed by atoms with E-state index < -0.39 is 6.10 Å². The maximum atomic E-state index is 9.73. The van der Waals surface area contributed by atoms with Crippen LogP contribution in [0.4, 0.5) is 5.95 Å². The van der Waals surface area contributed by atoms with Crippen molar-refractivity contribution in [2.24, 2.45) is 0 Å². The van der Waals surface area contributed by atoms with E-state index in [1.54, 1.807) is 11.9 Å². The molecule has 0 aliphatic heterocycles. The summed E-state index contributed by atoms with van der Waals surface area (Å²) in [5.41, 5.74) is 6.27. The standard InChI is InChI=1S/C22H25N3O2/c1-15-8-10-17(11-9-15)21-20(19-7-5-4-6-16(19)2)12-23-22(24-21)25(3)13-18(27)14-26/h4-12,18,26-27H,13-14H2,1-3H3/t18-/m0/s1. The molecule has 27 heavy (non-hydrogen) atoms. The van der Waals surface area contributed by atoms with Crippen LogP contribution in [-0.4, -0.2) is 46.5 Å². The van der Waals surface area contributed by atoms with E-state index >= 15 is 0 Å². The Morgan fingerprint density at radius 2 is 1.70 bits per heavy atom. The first kappa shape index (κ1) is 19.0. The fourth-order valence-corrected chi connectivity index (χ4v) is 3.02.